The van der Waals surface area contributed by atoms with Gasteiger partial charge in [-0.2, -0.15) is 0 Å². The molecule has 2 aromatic rings. The molecule has 0 aliphatic rings. The highest BCUT2D eigenvalue weighted by atomic mass is 16.6. The van der Waals surface area contributed by atoms with Crippen LogP contribution >= 0.6 is 0 Å². The highest BCUT2D eigenvalue weighted by Gasteiger charge is 2.24. The summed E-state index contributed by atoms with van der Waals surface area (Å²) in [5, 5.41) is 22.8. The largest absolute Gasteiger partial charge is 0.482 e. The van der Waals surface area contributed by atoms with Crippen molar-refractivity contribution < 1.29 is 152 Å². The topological polar surface area (TPSA) is 421 Å². The van der Waals surface area contributed by atoms with Crippen LogP contribution in [0.4, 0.5) is 4.79 Å². The van der Waals surface area contributed by atoms with Gasteiger partial charge >= 0.3 is 18.0 Å². The van der Waals surface area contributed by atoms with E-state index in [1.165, 1.54) is 0 Å². The van der Waals surface area contributed by atoms with Gasteiger partial charge in [-0.1, -0.05) is 24.3 Å². The lowest BCUT2D eigenvalue weighted by Crippen LogP contribution is -2.48. The maximum Gasteiger partial charge on any atom is 0.407 e. The van der Waals surface area contributed by atoms with Crippen LogP contribution in [0.5, 0.6) is 11.5 Å². The Kier molecular flexibility index (Phi) is 65.9. The molecular formula is C78H133N5O32. The summed E-state index contributed by atoms with van der Waals surface area (Å²) in [5.41, 5.74) is 0.171. The number of carboxylic acids is 1. The molecule has 0 aliphatic heterocycles. The van der Waals surface area contributed by atoms with Crippen molar-refractivity contribution in [2.24, 2.45) is 0 Å². The van der Waals surface area contributed by atoms with Gasteiger partial charge in [0.25, 0.3) is 0 Å². The minimum Gasteiger partial charge on any atom is -0.482 e. The Hall–Kier alpha value is -6.67. The zero-order chi connectivity index (χ0) is 83.6. The first-order valence-electron chi connectivity index (χ1n) is 39.2. The van der Waals surface area contributed by atoms with Crippen LogP contribution in [0.1, 0.15) is 65.5 Å². The van der Waals surface area contributed by atoms with Crippen LogP contribution in [0, 0.1) is 0 Å². The summed E-state index contributed by atoms with van der Waals surface area (Å²) in [6.45, 7) is 24.4. The van der Waals surface area contributed by atoms with E-state index < -0.39 is 71.6 Å². The maximum absolute atomic E-state index is 13.5. The molecule has 2 atom stereocenters. The highest BCUT2D eigenvalue weighted by Crippen LogP contribution is 2.17. The number of esters is 1. The minimum atomic E-state index is -1.12. The van der Waals surface area contributed by atoms with Crippen molar-refractivity contribution in [1.82, 2.24) is 26.6 Å². The van der Waals surface area contributed by atoms with Crippen LogP contribution in [0.2, 0.25) is 0 Å². The predicted octanol–water partition coefficient (Wildman–Crippen LogP) is 2.12. The summed E-state index contributed by atoms with van der Waals surface area (Å²) in [5.74, 6) is -2.57. The number of alkyl carbamates (subject to hydrolysis) is 1. The van der Waals surface area contributed by atoms with Crippen molar-refractivity contribution in [2.75, 3.05) is 298 Å². The molecule has 0 bridgehead atoms. The lowest BCUT2D eigenvalue weighted by molar-refractivity contribution is -0.157. The summed E-state index contributed by atoms with van der Waals surface area (Å²) in [6.07, 6.45) is -0.278. The van der Waals surface area contributed by atoms with Gasteiger partial charge in [-0.05, 0) is 76.9 Å². The van der Waals surface area contributed by atoms with Crippen molar-refractivity contribution in [3.63, 3.8) is 0 Å². The Bertz CT molecular complexity index is 2720. The molecule has 6 N–H and O–H groups in total. The second kappa shape index (κ2) is 72.5. The van der Waals surface area contributed by atoms with E-state index in [9.17, 15) is 33.6 Å². The Morgan fingerprint density at radius 3 is 0.817 bits per heavy atom. The van der Waals surface area contributed by atoms with E-state index in [-0.39, 0.29) is 131 Å². The maximum atomic E-state index is 13.5. The number of carboxylic acid groups (broad SMARTS) is 1. The second-order valence-corrected chi connectivity index (χ2v) is 26.6. The van der Waals surface area contributed by atoms with E-state index in [0.29, 0.717) is 195 Å². The molecule has 37 nitrogen and oxygen atoms in total. The first-order valence-corrected chi connectivity index (χ1v) is 39.2. The minimum absolute atomic E-state index is 0.0132. The third-order valence-electron chi connectivity index (χ3n) is 14.5. The number of nitrogens with one attached hydrogen (secondary N) is 5. The number of hydrogen-bond acceptors (Lipinski definition) is 31. The molecule has 115 heavy (non-hydrogen) atoms. The average molecular weight is 1650 g/mol. The van der Waals surface area contributed by atoms with E-state index in [0.717, 1.165) is 5.56 Å². The predicted molar refractivity (Wildman–Crippen MR) is 416 cm³/mol. The number of ether oxygens (including phenoxy) is 24. The van der Waals surface area contributed by atoms with Crippen LogP contribution in [-0.4, -0.2) is 368 Å². The molecule has 2 aromatic carbocycles. The number of rotatable bonds is 80. The van der Waals surface area contributed by atoms with Gasteiger partial charge < -0.3 is 145 Å². The summed E-state index contributed by atoms with van der Waals surface area (Å²) in [7, 11) is 1.63. The van der Waals surface area contributed by atoms with Crippen LogP contribution < -0.4 is 36.1 Å². The summed E-state index contributed by atoms with van der Waals surface area (Å²) in [6, 6.07) is 11.4. The van der Waals surface area contributed by atoms with Gasteiger partial charge in [0.15, 0.2) is 13.2 Å². The van der Waals surface area contributed by atoms with Gasteiger partial charge in [-0.15, -0.1) is 0 Å². The van der Waals surface area contributed by atoms with E-state index in [1.54, 1.807) is 97.2 Å². The van der Waals surface area contributed by atoms with Crippen molar-refractivity contribution in [3.05, 3.63) is 59.7 Å². The SMILES string of the molecule is COCCOCCOCCOCCOCCOCCOCCOCCOCCOCCOCCOCCNC(=O)C(Cc1ccc(OCC(=O)O)cc1)NC(=O)CCOCCOCCOCCOCCNC(=O)C(Cc1ccc(OCC(=O)OC(C)(C)C)cc1)NC(=O)CCOCCOCCOCCOCCNC(=O)OC(C)(C)C. The molecular weight excluding hydrogens is 1520 g/mol. The fourth-order valence-electron chi connectivity index (χ4n) is 9.10. The molecule has 0 saturated carbocycles. The molecule has 37 heteroatoms. The van der Waals surface area contributed by atoms with Gasteiger partial charge in [0, 0.05) is 52.4 Å². The molecule has 5 amide bonds. The van der Waals surface area contributed by atoms with Crippen molar-refractivity contribution in [3.8, 4) is 11.5 Å². The number of hydrogen-bond donors (Lipinski definition) is 6. The molecule has 2 unspecified atom stereocenters. The molecule has 662 valence electrons. The zero-order valence-electron chi connectivity index (χ0n) is 68.8. The van der Waals surface area contributed by atoms with Gasteiger partial charge in [-0.25, -0.2) is 14.4 Å². The van der Waals surface area contributed by atoms with Crippen molar-refractivity contribution in [2.45, 2.75) is 90.5 Å². The lowest BCUT2D eigenvalue weighted by Gasteiger charge is -2.20. The number of amides is 5. The second-order valence-electron chi connectivity index (χ2n) is 26.6. The number of carbonyl (C=O) groups is 7. The third kappa shape index (κ3) is 69.0. The van der Waals surface area contributed by atoms with Gasteiger partial charge in [0.1, 0.15) is 34.8 Å². The van der Waals surface area contributed by atoms with Crippen LogP contribution in [0.3, 0.4) is 0 Å². The number of aliphatic carboxylic acids is 1. The summed E-state index contributed by atoms with van der Waals surface area (Å²) < 4.78 is 131. The number of carbonyl (C=O) groups excluding carboxylic acids is 6. The standard InChI is InChI=1S/C78H133N5O32/c1-77(2,3)114-73(88)63-113-67-14-10-65(11-15-67)61-69(83-71(85)17-22-94-29-34-100-41-43-103-37-32-97-25-20-81-76(91)115-78(4,5)6)75(90)80-19-24-95-30-35-101-42-40-99-33-28-93-21-16-70(84)82-68(60-64-8-12-66(13-9-64)112-62-72(86)87)74(89)79-18-23-96-31-36-102-44-45-105-48-49-107-52-53-109-56-57-111-59-58-110-55-54-108-51-50-106-47-46-104-39-38-98-27-26-92-7/h8-15,68-69H,16-63H2,1-7H3,(H,79,89)(H,80,90)(H,81,91)(H,82,84)(H,83,85)(H,86,87). The average Bonchev–Trinajstić information content (AvgIpc) is 0.878. The first kappa shape index (κ1) is 104. The Morgan fingerprint density at radius 1 is 0.313 bits per heavy atom. The highest BCUT2D eigenvalue weighted by molar-refractivity contribution is 5.88. The number of benzene rings is 2. The van der Waals surface area contributed by atoms with Crippen LogP contribution in [0.25, 0.3) is 0 Å². The molecule has 0 aliphatic carbocycles. The smallest absolute Gasteiger partial charge is 0.407 e. The Morgan fingerprint density at radius 2 is 0.557 bits per heavy atom. The first-order chi connectivity index (χ1) is 55.7. The molecule has 0 aromatic heterocycles. The van der Waals surface area contributed by atoms with E-state index in [2.05, 4.69) is 26.6 Å². The summed E-state index contributed by atoms with van der Waals surface area (Å²) >= 11 is 0. The molecule has 0 saturated heterocycles. The van der Waals surface area contributed by atoms with Gasteiger partial charge in [0.05, 0.1) is 258 Å². The fraction of sp³-hybridized carbons (Fsp3) is 0.756. The van der Waals surface area contributed by atoms with Crippen molar-refractivity contribution >= 4 is 41.7 Å². The molecule has 0 fully saturated rings. The van der Waals surface area contributed by atoms with Crippen molar-refractivity contribution in [1.29, 1.82) is 0 Å². The normalized spacial score (nSPS) is 12.1. The van der Waals surface area contributed by atoms with Gasteiger partial charge in [0.2, 0.25) is 23.6 Å². The third-order valence-corrected chi connectivity index (χ3v) is 14.5. The van der Waals surface area contributed by atoms with E-state index in [4.69, 9.17) is 119 Å². The van der Waals surface area contributed by atoms with E-state index >= 15 is 0 Å². The van der Waals surface area contributed by atoms with Gasteiger partial charge in [-0.3, -0.25) is 19.2 Å². The molecule has 0 heterocycles. The van der Waals surface area contributed by atoms with E-state index in [1.807, 2.05) is 0 Å². The summed E-state index contributed by atoms with van der Waals surface area (Å²) in [4.78, 5) is 88.0. The number of methoxy groups -OCH3 is 1. The molecule has 0 radical (unpaired) electrons. The molecule has 2 rings (SSSR count). The quantitative estimate of drug-likeness (QED) is 0.0408. The fourth-order valence-corrected chi connectivity index (χ4v) is 9.10. The Labute approximate surface area is 677 Å². The lowest BCUT2D eigenvalue weighted by atomic mass is 10.0. The molecule has 0 spiro atoms. The van der Waals surface area contributed by atoms with Crippen LogP contribution in [0.15, 0.2) is 48.5 Å². The zero-order valence-corrected chi connectivity index (χ0v) is 68.8. The Balaban J connectivity index is 1.57. The van der Waals surface area contributed by atoms with Crippen LogP contribution in [-0.2, 0) is 146 Å². The monoisotopic (exact) mass is 1650 g/mol.